The number of rotatable bonds is 6. The van der Waals surface area contributed by atoms with E-state index in [1.807, 2.05) is 14.0 Å². The molecule has 0 aliphatic heterocycles. The highest BCUT2D eigenvalue weighted by Gasteiger charge is 2.23. The third-order valence-corrected chi connectivity index (χ3v) is 4.07. The number of amides is 1. The van der Waals surface area contributed by atoms with Crippen LogP contribution in [0.4, 0.5) is 11.4 Å². The fraction of sp³-hybridized carbons (Fsp3) is 0.533. The third-order valence-electron chi connectivity index (χ3n) is 3.76. The Labute approximate surface area is 126 Å². The molecule has 0 aliphatic carbocycles. The Kier molecular flexibility index (Phi) is 6.30. The van der Waals surface area contributed by atoms with Crippen molar-refractivity contribution in [1.82, 2.24) is 4.90 Å². The number of hydrogen-bond acceptors (Lipinski definition) is 3. The molecule has 0 aliphatic rings. The van der Waals surface area contributed by atoms with Gasteiger partial charge >= 0.3 is 0 Å². The molecule has 1 aromatic carbocycles. The third kappa shape index (κ3) is 4.12. The second kappa shape index (κ2) is 7.50. The Morgan fingerprint density at radius 3 is 2.50 bits per heavy atom. The molecule has 1 atom stereocenters. The number of nitrogens with two attached hydrogens (primary N) is 1. The zero-order valence-electron chi connectivity index (χ0n) is 12.6. The summed E-state index contributed by atoms with van der Waals surface area (Å²) in [5, 5.41) is 3.31. The number of nitrogen functional groups attached to an aromatic ring is 1. The van der Waals surface area contributed by atoms with Crippen LogP contribution < -0.4 is 11.1 Å². The molecular formula is C15H24ClN3O. The van der Waals surface area contributed by atoms with E-state index in [0.717, 1.165) is 12.8 Å². The minimum absolute atomic E-state index is 0.0638. The van der Waals surface area contributed by atoms with Gasteiger partial charge in [-0.05, 0) is 45.0 Å². The first kappa shape index (κ1) is 16.8. The molecule has 1 amide bonds. The van der Waals surface area contributed by atoms with Crippen molar-refractivity contribution in [3.63, 3.8) is 0 Å². The number of likely N-dealkylation sites (N-methyl/N-ethyl adjacent to an activating group) is 1. The van der Waals surface area contributed by atoms with E-state index >= 15 is 0 Å². The van der Waals surface area contributed by atoms with Crippen LogP contribution in [0.5, 0.6) is 0 Å². The van der Waals surface area contributed by atoms with Crippen LogP contribution in [0.2, 0.25) is 5.02 Å². The van der Waals surface area contributed by atoms with Gasteiger partial charge < -0.3 is 11.1 Å². The summed E-state index contributed by atoms with van der Waals surface area (Å²) >= 11 is 6.07. The first-order valence-electron chi connectivity index (χ1n) is 6.98. The van der Waals surface area contributed by atoms with Crippen molar-refractivity contribution >= 4 is 28.9 Å². The van der Waals surface area contributed by atoms with E-state index in [1.54, 1.807) is 18.2 Å². The number of hydrogen-bond donors (Lipinski definition) is 2. The fourth-order valence-corrected chi connectivity index (χ4v) is 2.47. The number of carbonyl (C=O) groups is 1. The summed E-state index contributed by atoms with van der Waals surface area (Å²) in [4.78, 5) is 14.4. The van der Waals surface area contributed by atoms with Crippen LogP contribution in [-0.2, 0) is 4.79 Å². The van der Waals surface area contributed by atoms with Crippen LogP contribution in [0, 0.1) is 0 Å². The molecule has 1 rings (SSSR count). The monoisotopic (exact) mass is 297 g/mol. The quantitative estimate of drug-likeness (QED) is 0.792. The van der Waals surface area contributed by atoms with Crippen molar-refractivity contribution in [2.24, 2.45) is 0 Å². The van der Waals surface area contributed by atoms with Crippen LogP contribution in [0.25, 0.3) is 0 Å². The maximum atomic E-state index is 12.3. The van der Waals surface area contributed by atoms with Gasteiger partial charge in [0.2, 0.25) is 5.91 Å². The largest absolute Gasteiger partial charge is 0.399 e. The molecule has 4 nitrogen and oxygen atoms in total. The first-order valence-corrected chi connectivity index (χ1v) is 7.36. The van der Waals surface area contributed by atoms with E-state index in [9.17, 15) is 4.79 Å². The van der Waals surface area contributed by atoms with Gasteiger partial charge in [-0.25, -0.2) is 0 Å². The minimum Gasteiger partial charge on any atom is -0.399 e. The maximum absolute atomic E-state index is 12.3. The van der Waals surface area contributed by atoms with Crippen LogP contribution in [0.3, 0.4) is 0 Å². The van der Waals surface area contributed by atoms with Crippen molar-refractivity contribution in [2.75, 3.05) is 18.1 Å². The Morgan fingerprint density at radius 1 is 1.40 bits per heavy atom. The normalized spacial score (nSPS) is 12.8. The van der Waals surface area contributed by atoms with E-state index in [1.165, 1.54) is 0 Å². The lowest BCUT2D eigenvalue weighted by atomic mass is 10.1. The summed E-state index contributed by atoms with van der Waals surface area (Å²) in [5.74, 6) is -0.0638. The molecule has 1 unspecified atom stereocenters. The van der Waals surface area contributed by atoms with Crippen LogP contribution in [-0.4, -0.2) is 29.9 Å². The highest BCUT2D eigenvalue weighted by atomic mass is 35.5. The number of anilines is 2. The zero-order chi connectivity index (χ0) is 15.3. The maximum Gasteiger partial charge on any atom is 0.241 e. The summed E-state index contributed by atoms with van der Waals surface area (Å²) in [6.07, 6.45) is 2.04. The van der Waals surface area contributed by atoms with Gasteiger partial charge in [0, 0.05) is 11.7 Å². The van der Waals surface area contributed by atoms with Crippen molar-refractivity contribution in [2.45, 2.75) is 45.7 Å². The summed E-state index contributed by atoms with van der Waals surface area (Å²) < 4.78 is 0. The molecule has 5 heteroatoms. The van der Waals surface area contributed by atoms with Gasteiger partial charge in [-0.2, -0.15) is 0 Å². The number of halogens is 1. The molecule has 0 saturated carbocycles. The van der Waals surface area contributed by atoms with Gasteiger partial charge in [-0.15, -0.1) is 0 Å². The molecule has 0 fully saturated rings. The summed E-state index contributed by atoms with van der Waals surface area (Å²) in [5.41, 5.74) is 6.81. The Bertz CT molecular complexity index is 460. The van der Waals surface area contributed by atoms with Gasteiger partial charge in [0.25, 0.3) is 0 Å². The molecule has 112 valence electrons. The van der Waals surface area contributed by atoms with Crippen LogP contribution in [0.1, 0.15) is 33.6 Å². The highest BCUT2D eigenvalue weighted by Crippen LogP contribution is 2.24. The Hall–Kier alpha value is -1.26. The smallest absolute Gasteiger partial charge is 0.241 e. The molecule has 1 aromatic rings. The van der Waals surface area contributed by atoms with E-state index < -0.39 is 0 Å². The fourth-order valence-electron chi connectivity index (χ4n) is 2.24. The van der Waals surface area contributed by atoms with E-state index in [0.29, 0.717) is 22.4 Å². The molecule has 0 aromatic heterocycles. The minimum atomic E-state index is -0.214. The first-order chi connectivity index (χ1) is 9.40. The topological polar surface area (TPSA) is 58.4 Å². The van der Waals surface area contributed by atoms with Gasteiger partial charge in [0.1, 0.15) is 0 Å². The molecule has 0 heterocycles. The molecular weight excluding hydrogens is 274 g/mol. The molecule has 0 spiro atoms. The predicted octanol–water partition coefficient (Wildman–Crippen LogP) is 3.37. The van der Waals surface area contributed by atoms with Crippen LogP contribution >= 0.6 is 11.6 Å². The second-order valence-corrected chi connectivity index (χ2v) is 5.45. The standard InChI is InChI=1S/C15H24ClN3O/c1-5-12(6-2)19(4)10(3)15(20)18-14-8-7-11(17)9-13(14)16/h7-10,12H,5-6,17H2,1-4H3,(H,18,20). The molecule has 3 N–H and O–H groups in total. The molecule has 20 heavy (non-hydrogen) atoms. The lowest BCUT2D eigenvalue weighted by molar-refractivity contribution is -0.121. The summed E-state index contributed by atoms with van der Waals surface area (Å²) in [6, 6.07) is 5.26. The van der Waals surface area contributed by atoms with E-state index in [4.69, 9.17) is 17.3 Å². The van der Waals surface area contributed by atoms with Gasteiger partial charge in [-0.3, -0.25) is 9.69 Å². The van der Waals surface area contributed by atoms with Crippen molar-refractivity contribution in [3.05, 3.63) is 23.2 Å². The van der Waals surface area contributed by atoms with E-state index in [-0.39, 0.29) is 11.9 Å². The van der Waals surface area contributed by atoms with Gasteiger partial charge in [0.15, 0.2) is 0 Å². The van der Waals surface area contributed by atoms with Crippen molar-refractivity contribution in [3.8, 4) is 0 Å². The highest BCUT2D eigenvalue weighted by molar-refractivity contribution is 6.34. The summed E-state index contributed by atoms with van der Waals surface area (Å²) in [7, 11) is 1.98. The molecule has 0 saturated heterocycles. The zero-order valence-corrected chi connectivity index (χ0v) is 13.4. The molecule has 0 bridgehead atoms. The van der Waals surface area contributed by atoms with Gasteiger partial charge in [-0.1, -0.05) is 25.4 Å². The lowest BCUT2D eigenvalue weighted by Crippen LogP contribution is -2.44. The van der Waals surface area contributed by atoms with Gasteiger partial charge in [0.05, 0.1) is 16.8 Å². The van der Waals surface area contributed by atoms with E-state index in [2.05, 4.69) is 24.1 Å². The Morgan fingerprint density at radius 2 is 2.00 bits per heavy atom. The van der Waals surface area contributed by atoms with Crippen molar-refractivity contribution < 1.29 is 4.79 Å². The summed E-state index contributed by atoms with van der Waals surface area (Å²) in [6.45, 7) is 6.16. The predicted molar refractivity (Wildman–Crippen MR) is 86.1 cm³/mol. The number of nitrogens with zero attached hydrogens (tertiary/aromatic N) is 1. The van der Waals surface area contributed by atoms with Crippen LogP contribution in [0.15, 0.2) is 18.2 Å². The average molecular weight is 298 g/mol. The average Bonchev–Trinajstić information content (AvgIpc) is 2.42. The lowest BCUT2D eigenvalue weighted by Gasteiger charge is -2.31. The number of benzene rings is 1. The molecule has 0 radical (unpaired) electrons. The Balaban J connectivity index is 2.75. The SMILES string of the molecule is CCC(CC)N(C)C(C)C(=O)Nc1ccc(N)cc1Cl. The number of nitrogens with one attached hydrogen (secondary N) is 1. The van der Waals surface area contributed by atoms with Crippen molar-refractivity contribution in [1.29, 1.82) is 0 Å². The number of carbonyl (C=O) groups excluding carboxylic acids is 1. The second-order valence-electron chi connectivity index (χ2n) is 5.04.